The topological polar surface area (TPSA) is 104 Å². The van der Waals surface area contributed by atoms with E-state index in [0.29, 0.717) is 28.0 Å². The molecular formula is C24H25N5O3S. The first-order valence-corrected chi connectivity index (χ1v) is 11.6. The van der Waals surface area contributed by atoms with E-state index in [2.05, 4.69) is 34.7 Å². The van der Waals surface area contributed by atoms with Gasteiger partial charge in [-0.2, -0.15) is 0 Å². The maximum atomic E-state index is 13.2. The number of rotatable bonds is 7. The van der Waals surface area contributed by atoms with Gasteiger partial charge in [0.2, 0.25) is 11.0 Å². The highest BCUT2D eigenvalue weighted by molar-refractivity contribution is 7.18. The second-order valence-electron chi connectivity index (χ2n) is 8.18. The van der Waals surface area contributed by atoms with Gasteiger partial charge in [-0.25, -0.2) is 4.79 Å². The van der Waals surface area contributed by atoms with Crippen LogP contribution < -0.4 is 10.6 Å². The molecule has 1 saturated heterocycles. The maximum Gasteiger partial charge on any atom is 0.325 e. The van der Waals surface area contributed by atoms with Crippen LogP contribution in [0.1, 0.15) is 44.2 Å². The number of imide groups is 1. The highest BCUT2D eigenvalue weighted by Gasteiger charge is 2.51. The van der Waals surface area contributed by atoms with E-state index in [0.717, 1.165) is 10.5 Å². The van der Waals surface area contributed by atoms with Gasteiger partial charge in [0, 0.05) is 5.56 Å². The van der Waals surface area contributed by atoms with Crippen molar-refractivity contribution in [1.82, 2.24) is 20.4 Å². The minimum Gasteiger partial charge on any atom is -0.319 e. The molecule has 0 radical (unpaired) electrons. The number of amides is 4. The van der Waals surface area contributed by atoms with Crippen LogP contribution in [-0.2, 0) is 15.1 Å². The Kier molecular flexibility index (Phi) is 6.24. The Morgan fingerprint density at radius 1 is 1.09 bits per heavy atom. The zero-order valence-corrected chi connectivity index (χ0v) is 19.5. The molecule has 2 heterocycles. The van der Waals surface area contributed by atoms with Gasteiger partial charge in [0.15, 0.2) is 0 Å². The molecule has 1 unspecified atom stereocenters. The minimum atomic E-state index is -1.17. The van der Waals surface area contributed by atoms with E-state index in [9.17, 15) is 14.4 Å². The maximum absolute atomic E-state index is 13.2. The van der Waals surface area contributed by atoms with Crippen molar-refractivity contribution in [3.63, 3.8) is 0 Å². The van der Waals surface area contributed by atoms with Gasteiger partial charge >= 0.3 is 6.03 Å². The summed E-state index contributed by atoms with van der Waals surface area (Å²) in [6.45, 7) is 5.68. The molecule has 33 heavy (non-hydrogen) atoms. The lowest BCUT2D eigenvalue weighted by Crippen LogP contribution is -2.44. The van der Waals surface area contributed by atoms with Crippen LogP contribution in [0.25, 0.3) is 10.6 Å². The summed E-state index contributed by atoms with van der Waals surface area (Å²) < 4.78 is 0. The highest BCUT2D eigenvalue weighted by Crippen LogP contribution is 2.32. The minimum absolute atomic E-state index is 0.305. The van der Waals surface area contributed by atoms with Gasteiger partial charge in [0.1, 0.15) is 17.1 Å². The monoisotopic (exact) mass is 463 g/mol. The van der Waals surface area contributed by atoms with Crippen LogP contribution in [-0.4, -0.2) is 39.5 Å². The fraction of sp³-hybridized carbons (Fsp3) is 0.292. The molecule has 4 rings (SSSR count). The zero-order valence-electron chi connectivity index (χ0n) is 18.7. The molecule has 1 aliphatic rings. The molecule has 4 amide bonds. The van der Waals surface area contributed by atoms with Crippen LogP contribution in [0, 0.1) is 0 Å². The van der Waals surface area contributed by atoms with Crippen molar-refractivity contribution < 1.29 is 14.4 Å². The molecule has 0 spiro atoms. The molecule has 2 aromatic carbocycles. The lowest BCUT2D eigenvalue weighted by molar-refractivity contribution is -0.134. The zero-order chi connectivity index (χ0) is 23.6. The molecule has 1 aliphatic heterocycles. The third-order valence-corrected chi connectivity index (χ3v) is 6.66. The lowest BCUT2D eigenvalue weighted by Gasteiger charge is -2.25. The molecular weight excluding hydrogens is 438 g/mol. The van der Waals surface area contributed by atoms with E-state index >= 15 is 0 Å². The Morgan fingerprint density at radius 2 is 1.79 bits per heavy atom. The predicted molar refractivity (Wildman–Crippen MR) is 127 cm³/mol. The first-order chi connectivity index (χ1) is 15.8. The smallest absolute Gasteiger partial charge is 0.319 e. The number of aromatic nitrogens is 2. The van der Waals surface area contributed by atoms with Crippen molar-refractivity contribution in [2.45, 2.75) is 38.6 Å². The molecule has 1 fully saturated rings. The Morgan fingerprint density at radius 3 is 2.42 bits per heavy atom. The quantitative estimate of drug-likeness (QED) is 0.513. The molecule has 170 valence electrons. The third kappa shape index (κ3) is 4.36. The number of urea groups is 1. The van der Waals surface area contributed by atoms with E-state index in [1.165, 1.54) is 16.9 Å². The fourth-order valence-corrected chi connectivity index (χ4v) is 4.60. The average molecular weight is 464 g/mol. The second-order valence-corrected chi connectivity index (χ2v) is 9.16. The standard InChI is InChI=1S/C24H25N5O3S/c1-4-24(18-8-6-5-7-9-18)21(31)29(23(32)26-24)14-19(30)25-22-28-27-20(33-22)17-12-10-16(11-13-17)15(2)3/h5-13,15H,4,14H2,1-3H3,(H,26,32)(H,25,28,30). The SMILES string of the molecule is CCC1(c2ccccc2)NC(=O)N(CC(=O)Nc2nnc(-c3ccc(C(C)C)cc3)s2)C1=O. The molecule has 8 nitrogen and oxygen atoms in total. The van der Waals surface area contributed by atoms with Gasteiger partial charge < -0.3 is 5.32 Å². The summed E-state index contributed by atoms with van der Waals surface area (Å²) in [5, 5.41) is 14.6. The van der Waals surface area contributed by atoms with Gasteiger partial charge in [0.05, 0.1) is 0 Å². The Bertz CT molecular complexity index is 1180. The number of benzene rings is 2. The average Bonchev–Trinajstić information content (AvgIpc) is 3.38. The van der Waals surface area contributed by atoms with E-state index in [4.69, 9.17) is 0 Å². The Balaban J connectivity index is 1.44. The highest BCUT2D eigenvalue weighted by atomic mass is 32.1. The van der Waals surface area contributed by atoms with Crippen LogP contribution in [0.15, 0.2) is 54.6 Å². The van der Waals surface area contributed by atoms with Crippen LogP contribution in [0.2, 0.25) is 0 Å². The number of carbonyl (C=O) groups excluding carboxylic acids is 3. The lowest BCUT2D eigenvalue weighted by atomic mass is 9.87. The van der Waals surface area contributed by atoms with Gasteiger partial charge in [-0.1, -0.05) is 86.7 Å². The van der Waals surface area contributed by atoms with E-state index in [1.807, 2.05) is 49.4 Å². The molecule has 0 saturated carbocycles. The Labute approximate surface area is 196 Å². The van der Waals surface area contributed by atoms with Gasteiger partial charge in [-0.05, 0) is 23.5 Å². The van der Waals surface area contributed by atoms with Crippen LogP contribution in [0.5, 0.6) is 0 Å². The van der Waals surface area contributed by atoms with Gasteiger partial charge in [0.25, 0.3) is 5.91 Å². The van der Waals surface area contributed by atoms with Crippen molar-refractivity contribution in [1.29, 1.82) is 0 Å². The predicted octanol–water partition coefficient (Wildman–Crippen LogP) is 4.12. The normalized spacial score (nSPS) is 18.0. The summed E-state index contributed by atoms with van der Waals surface area (Å²) in [5.74, 6) is -0.530. The van der Waals surface area contributed by atoms with Gasteiger partial charge in [-0.3, -0.25) is 19.8 Å². The van der Waals surface area contributed by atoms with Crippen molar-refractivity contribution in [3.05, 3.63) is 65.7 Å². The summed E-state index contributed by atoms with van der Waals surface area (Å²) in [5.41, 5.74) is 1.65. The largest absolute Gasteiger partial charge is 0.325 e. The number of nitrogens with zero attached hydrogens (tertiary/aromatic N) is 3. The summed E-state index contributed by atoms with van der Waals surface area (Å²) in [7, 11) is 0. The van der Waals surface area contributed by atoms with Crippen molar-refractivity contribution in [2.24, 2.45) is 0 Å². The molecule has 3 aromatic rings. The van der Waals surface area contributed by atoms with Crippen molar-refractivity contribution in [2.75, 3.05) is 11.9 Å². The fourth-order valence-electron chi connectivity index (χ4n) is 3.84. The van der Waals surface area contributed by atoms with Crippen LogP contribution in [0.3, 0.4) is 0 Å². The van der Waals surface area contributed by atoms with Crippen LogP contribution >= 0.6 is 11.3 Å². The Hall–Kier alpha value is -3.59. The molecule has 0 aliphatic carbocycles. The van der Waals surface area contributed by atoms with Crippen molar-refractivity contribution in [3.8, 4) is 10.6 Å². The summed E-state index contributed by atoms with van der Waals surface area (Å²) >= 11 is 1.23. The van der Waals surface area contributed by atoms with E-state index in [1.54, 1.807) is 12.1 Å². The third-order valence-electron chi connectivity index (χ3n) is 5.77. The van der Waals surface area contributed by atoms with E-state index < -0.39 is 29.9 Å². The van der Waals surface area contributed by atoms with Crippen molar-refractivity contribution >= 4 is 34.3 Å². The number of hydrogen-bond acceptors (Lipinski definition) is 6. The first-order valence-electron chi connectivity index (χ1n) is 10.8. The molecule has 1 aromatic heterocycles. The number of nitrogens with one attached hydrogen (secondary N) is 2. The van der Waals surface area contributed by atoms with E-state index in [-0.39, 0.29) is 0 Å². The second kappa shape index (κ2) is 9.11. The number of hydrogen-bond donors (Lipinski definition) is 2. The molecule has 1 atom stereocenters. The van der Waals surface area contributed by atoms with Gasteiger partial charge in [-0.15, -0.1) is 10.2 Å². The summed E-state index contributed by atoms with van der Waals surface area (Å²) in [6, 6.07) is 16.5. The number of anilines is 1. The molecule has 9 heteroatoms. The summed E-state index contributed by atoms with van der Waals surface area (Å²) in [6.07, 6.45) is 0.370. The number of carbonyl (C=O) groups is 3. The molecule has 0 bridgehead atoms. The molecule has 2 N–H and O–H groups in total. The van der Waals surface area contributed by atoms with Crippen LogP contribution in [0.4, 0.5) is 9.93 Å². The first kappa shape index (κ1) is 22.6. The summed E-state index contributed by atoms with van der Waals surface area (Å²) in [4.78, 5) is 39.3.